The van der Waals surface area contributed by atoms with Crippen molar-refractivity contribution in [3.63, 3.8) is 0 Å². The minimum absolute atomic E-state index is 0.105. The summed E-state index contributed by atoms with van der Waals surface area (Å²) in [5, 5.41) is -0.132. The van der Waals surface area contributed by atoms with Gasteiger partial charge in [-0.3, -0.25) is 0 Å². The van der Waals surface area contributed by atoms with E-state index < -0.39 is 9.84 Å². The maximum atomic E-state index is 12.0. The van der Waals surface area contributed by atoms with Gasteiger partial charge in [-0.25, -0.2) is 8.42 Å². The van der Waals surface area contributed by atoms with Crippen molar-refractivity contribution >= 4 is 25.8 Å². The third-order valence-electron chi connectivity index (χ3n) is 3.09. The zero-order valence-electron chi connectivity index (χ0n) is 9.65. The molecule has 1 aliphatic rings. The smallest absolute Gasteiger partial charge is 0.157 e. The maximum Gasteiger partial charge on any atom is 0.157 e. The Hall–Kier alpha value is -0.550. The van der Waals surface area contributed by atoms with Crippen molar-refractivity contribution < 1.29 is 13.2 Å². The molecule has 0 amide bonds. The van der Waals surface area contributed by atoms with Gasteiger partial charge in [0.2, 0.25) is 0 Å². The molecule has 1 aromatic carbocycles. The normalized spacial score (nSPS) is 16.6. The van der Waals surface area contributed by atoms with Crippen LogP contribution in [-0.2, 0) is 15.6 Å². The molecule has 0 radical (unpaired) electrons. The molecule has 1 fully saturated rings. The van der Waals surface area contributed by atoms with Crippen molar-refractivity contribution in [3.8, 4) is 5.75 Å². The van der Waals surface area contributed by atoms with Crippen molar-refractivity contribution in [1.82, 2.24) is 0 Å². The summed E-state index contributed by atoms with van der Waals surface area (Å²) >= 11 is 3.35. The Bertz CT molecular complexity index is 506. The second-order valence-corrected chi connectivity index (χ2v) is 7.56. The number of hydrogen-bond donors (Lipinski definition) is 0. The van der Waals surface area contributed by atoms with E-state index in [1.807, 2.05) is 12.1 Å². The molecule has 1 aromatic rings. The molecule has 0 spiro atoms. The van der Waals surface area contributed by atoms with Gasteiger partial charge in [0.15, 0.2) is 9.84 Å². The summed E-state index contributed by atoms with van der Waals surface area (Å²) in [7, 11) is -1.42. The first-order valence-corrected chi connectivity index (χ1v) is 8.07. The lowest BCUT2D eigenvalue weighted by Gasteiger charge is -2.25. The molecule has 17 heavy (non-hydrogen) atoms. The number of methoxy groups -OCH3 is 1. The van der Waals surface area contributed by atoms with E-state index >= 15 is 0 Å². The third kappa shape index (κ3) is 3.01. The summed E-state index contributed by atoms with van der Waals surface area (Å²) in [6.07, 6.45) is 2.66. The highest BCUT2D eigenvalue weighted by Gasteiger charge is 2.31. The molecule has 1 aliphatic carbocycles. The predicted molar refractivity (Wildman–Crippen MR) is 71.0 cm³/mol. The van der Waals surface area contributed by atoms with E-state index in [1.165, 1.54) is 0 Å². The SMILES string of the molecule is COc1cc(Br)cc(CS(=O)(=O)C2CCC2)c1. The predicted octanol–water partition coefficient (Wildman–Crippen LogP) is 2.93. The monoisotopic (exact) mass is 318 g/mol. The summed E-state index contributed by atoms with van der Waals surface area (Å²) in [6.45, 7) is 0. The lowest BCUT2D eigenvalue weighted by molar-refractivity contribution is 0.414. The van der Waals surface area contributed by atoms with Gasteiger partial charge in [-0.2, -0.15) is 0 Å². The van der Waals surface area contributed by atoms with Crippen molar-refractivity contribution in [3.05, 3.63) is 28.2 Å². The molecule has 0 aromatic heterocycles. The Balaban J connectivity index is 2.20. The Labute approximate surface area is 110 Å². The molecule has 5 heteroatoms. The molecule has 1 saturated carbocycles. The maximum absolute atomic E-state index is 12.0. The van der Waals surface area contributed by atoms with Crippen molar-refractivity contribution in [2.75, 3.05) is 7.11 Å². The molecule has 0 unspecified atom stereocenters. The Morgan fingerprint density at radius 3 is 2.59 bits per heavy atom. The van der Waals surface area contributed by atoms with Crippen LogP contribution in [0.25, 0.3) is 0 Å². The van der Waals surface area contributed by atoms with Crippen molar-refractivity contribution in [1.29, 1.82) is 0 Å². The van der Waals surface area contributed by atoms with Crippen LogP contribution in [0.3, 0.4) is 0 Å². The zero-order chi connectivity index (χ0) is 12.5. The minimum atomic E-state index is -2.99. The quantitative estimate of drug-likeness (QED) is 0.857. The average molecular weight is 319 g/mol. The van der Waals surface area contributed by atoms with Gasteiger partial charge in [0.25, 0.3) is 0 Å². The Kier molecular flexibility index (Phi) is 3.78. The van der Waals surface area contributed by atoms with Crippen molar-refractivity contribution in [2.45, 2.75) is 30.3 Å². The van der Waals surface area contributed by atoms with E-state index in [1.54, 1.807) is 13.2 Å². The summed E-state index contributed by atoms with van der Waals surface area (Å²) in [5.41, 5.74) is 0.781. The second kappa shape index (κ2) is 4.98. The van der Waals surface area contributed by atoms with Crippen LogP contribution in [0.15, 0.2) is 22.7 Å². The lowest BCUT2D eigenvalue weighted by atomic mass is 10.00. The van der Waals surface area contributed by atoms with Gasteiger partial charge in [-0.05, 0) is 36.6 Å². The highest BCUT2D eigenvalue weighted by molar-refractivity contribution is 9.10. The molecule has 0 saturated heterocycles. The van der Waals surface area contributed by atoms with E-state index in [9.17, 15) is 8.42 Å². The van der Waals surface area contributed by atoms with Gasteiger partial charge in [-0.15, -0.1) is 0 Å². The topological polar surface area (TPSA) is 43.4 Å². The van der Waals surface area contributed by atoms with Crippen LogP contribution < -0.4 is 4.74 Å². The van der Waals surface area contributed by atoms with Gasteiger partial charge in [0.1, 0.15) is 5.75 Å². The summed E-state index contributed by atoms with van der Waals surface area (Å²) < 4.78 is 30.0. The molecule has 3 nitrogen and oxygen atoms in total. The summed E-state index contributed by atoms with van der Waals surface area (Å²) in [4.78, 5) is 0. The largest absolute Gasteiger partial charge is 0.497 e. The molecule has 2 rings (SSSR count). The molecule has 0 atom stereocenters. The standard InChI is InChI=1S/C12H15BrO3S/c1-16-11-6-9(5-10(13)7-11)8-17(14,15)12-3-2-4-12/h5-7,12H,2-4,8H2,1H3. The molecule has 0 N–H and O–H groups in total. The number of rotatable bonds is 4. The van der Waals surface area contributed by atoms with Gasteiger partial charge in [0, 0.05) is 4.47 Å². The van der Waals surface area contributed by atoms with Crippen LogP contribution >= 0.6 is 15.9 Å². The molecular formula is C12H15BrO3S. The van der Waals surface area contributed by atoms with Crippen LogP contribution in [0.1, 0.15) is 24.8 Å². The molecule has 94 valence electrons. The van der Waals surface area contributed by atoms with Gasteiger partial charge < -0.3 is 4.74 Å². The summed E-state index contributed by atoms with van der Waals surface area (Å²) in [5.74, 6) is 0.784. The zero-order valence-corrected chi connectivity index (χ0v) is 12.1. The first kappa shape index (κ1) is 12.9. The first-order chi connectivity index (χ1) is 8.01. The highest BCUT2D eigenvalue weighted by Crippen LogP contribution is 2.30. The van der Waals surface area contributed by atoms with Crippen LogP contribution in [0, 0.1) is 0 Å². The minimum Gasteiger partial charge on any atom is -0.497 e. The fourth-order valence-corrected chi connectivity index (χ4v) is 4.34. The van der Waals surface area contributed by atoms with E-state index in [2.05, 4.69) is 15.9 Å². The van der Waals surface area contributed by atoms with Crippen LogP contribution in [0.2, 0.25) is 0 Å². The van der Waals surface area contributed by atoms with Gasteiger partial charge in [-0.1, -0.05) is 22.4 Å². The fourth-order valence-electron chi connectivity index (χ4n) is 1.90. The van der Waals surface area contributed by atoms with E-state index in [-0.39, 0.29) is 11.0 Å². The third-order valence-corrected chi connectivity index (χ3v) is 5.78. The fraction of sp³-hybridized carbons (Fsp3) is 0.500. The number of hydrogen-bond acceptors (Lipinski definition) is 3. The van der Waals surface area contributed by atoms with Crippen molar-refractivity contribution in [2.24, 2.45) is 0 Å². The molecule has 0 bridgehead atoms. The second-order valence-electron chi connectivity index (χ2n) is 4.36. The van der Waals surface area contributed by atoms with Crippen LogP contribution in [0.5, 0.6) is 5.75 Å². The molecule has 0 heterocycles. The van der Waals surface area contributed by atoms with E-state index in [4.69, 9.17) is 4.74 Å². The summed E-state index contributed by atoms with van der Waals surface area (Å²) in [6, 6.07) is 5.43. The highest BCUT2D eigenvalue weighted by atomic mass is 79.9. The van der Waals surface area contributed by atoms with Gasteiger partial charge >= 0.3 is 0 Å². The molecule has 0 aliphatic heterocycles. The number of sulfone groups is 1. The Morgan fingerprint density at radius 2 is 2.06 bits per heavy atom. The first-order valence-electron chi connectivity index (χ1n) is 5.56. The average Bonchev–Trinajstić information content (AvgIpc) is 2.11. The number of halogens is 1. The molecular weight excluding hydrogens is 304 g/mol. The van der Waals surface area contributed by atoms with Gasteiger partial charge in [0.05, 0.1) is 18.1 Å². The van der Waals surface area contributed by atoms with E-state index in [0.29, 0.717) is 5.75 Å². The number of benzene rings is 1. The Morgan fingerprint density at radius 1 is 1.35 bits per heavy atom. The van der Waals surface area contributed by atoms with Crippen LogP contribution in [-0.4, -0.2) is 20.8 Å². The van der Waals surface area contributed by atoms with E-state index in [0.717, 1.165) is 29.3 Å². The lowest BCUT2D eigenvalue weighted by Crippen LogP contribution is -2.29. The number of ether oxygens (including phenoxy) is 1. The van der Waals surface area contributed by atoms with Crippen LogP contribution in [0.4, 0.5) is 0 Å².